The van der Waals surface area contributed by atoms with Crippen molar-refractivity contribution < 1.29 is 13.2 Å². The molecule has 14 heavy (non-hydrogen) atoms. The number of nitrogens with zero attached hydrogens (tertiary/aromatic N) is 1. The van der Waals surface area contributed by atoms with Crippen LogP contribution in [0, 0.1) is 0 Å². The molecule has 0 heterocycles. The summed E-state index contributed by atoms with van der Waals surface area (Å²) < 4.78 is 22.3. The van der Waals surface area contributed by atoms with E-state index in [1.165, 1.54) is 12.1 Å². The summed E-state index contributed by atoms with van der Waals surface area (Å²) in [6.07, 6.45) is 0. The maximum Gasteiger partial charge on any atom is 0.334 e. The van der Waals surface area contributed by atoms with Gasteiger partial charge in [-0.3, -0.25) is 0 Å². The molecule has 0 aromatic heterocycles. The minimum absolute atomic E-state index is 0.113. The number of hydrogen-bond donors (Lipinski definition) is 2. The van der Waals surface area contributed by atoms with E-state index in [2.05, 4.69) is 0 Å². The van der Waals surface area contributed by atoms with Crippen LogP contribution in [0.15, 0.2) is 30.3 Å². The molecule has 0 bridgehead atoms. The van der Waals surface area contributed by atoms with Gasteiger partial charge in [-0.25, -0.2) is 9.93 Å². The fourth-order valence-corrected chi connectivity index (χ4v) is 1.63. The summed E-state index contributed by atoms with van der Waals surface area (Å²) in [5.74, 6) is 0. The van der Waals surface area contributed by atoms with Gasteiger partial charge in [0.15, 0.2) is 0 Å². The summed E-state index contributed by atoms with van der Waals surface area (Å²) >= 11 is 0. The number of hydrogen-bond acceptors (Lipinski definition) is 3. The number of para-hydroxylation sites is 1. The molecule has 76 valence electrons. The molecule has 0 atom stereocenters. The van der Waals surface area contributed by atoms with Gasteiger partial charge in [0.05, 0.1) is 5.69 Å². The fourth-order valence-electron chi connectivity index (χ4n) is 0.963. The lowest BCUT2D eigenvalue weighted by molar-refractivity contribution is 0.257. The summed E-state index contributed by atoms with van der Waals surface area (Å²) in [7, 11) is -4.16. The molecule has 0 radical (unpaired) electrons. The van der Waals surface area contributed by atoms with Crippen molar-refractivity contribution in [3.8, 4) is 0 Å². The summed E-state index contributed by atoms with van der Waals surface area (Å²) in [5.41, 5.74) is 5.00. The SMILES string of the molecule is NC(=O)N(c1ccccc1)S(N)(=O)=O. The van der Waals surface area contributed by atoms with Crippen LogP contribution in [0.5, 0.6) is 0 Å². The lowest BCUT2D eigenvalue weighted by Gasteiger charge is -2.16. The van der Waals surface area contributed by atoms with E-state index in [1.54, 1.807) is 18.2 Å². The summed E-state index contributed by atoms with van der Waals surface area (Å²) in [5, 5.41) is 4.81. The number of nitrogens with two attached hydrogens (primary N) is 2. The first-order chi connectivity index (χ1) is 6.43. The van der Waals surface area contributed by atoms with Crippen molar-refractivity contribution in [1.82, 2.24) is 0 Å². The lowest BCUT2D eigenvalue weighted by atomic mass is 10.3. The third-order valence-electron chi connectivity index (χ3n) is 1.45. The van der Waals surface area contributed by atoms with Crippen molar-refractivity contribution in [2.24, 2.45) is 10.9 Å². The number of benzene rings is 1. The Labute approximate surface area is 81.3 Å². The second kappa shape index (κ2) is 3.64. The van der Waals surface area contributed by atoms with Crippen molar-refractivity contribution in [2.75, 3.05) is 4.31 Å². The highest BCUT2D eigenvalue weighted by Gasteiger charge is 2.22. The normalized spacial score (nSPS) is 10.9. The number of rotatable bonds is 2. The number of carbonyl (C=O) groups is 1. The van der Waals surface area contributed by atoms with Gasteiger partial charge in [0.25, 0.3) is 0 Å². The van der Waals surface area contributed by atoms with Crippen molar-refractivity contribution in [3.05, 3.63) is 30.3 Å². The molecule has 0 saturated carbocycles. The minimum atomic E-state index is -4.16. The number of urea groups is 1. The quantitative estimate of drug-likeness (QED) is 0.711. The average Bonchev–Trinajstić information content (AvgIpc) is 2.02. The molecule has 0 fully saturated rings. The third kappa shape index (κ3) is 2.21. The topological polar surface area (TPSA) is 106 Å². The monoisotopic (exact) mass is 215 g/mol. The molecule has 0 aliphatic heterocycles. The zero-order chi connectivity index (χ0) is 10.8. The van der Waals surface area contributed by atoms with Crippen LogP contribution in [0.1, 0.15) is 0 Å². The van der Waals surface area contributed by atoms with Gasteiger partial charge in [0.1, 0.15) is 0 Å². The van der Waals surface area contributed by atoms with Crippen LogP contribution in [-0.2, 0) is 10.2 Å². The molecular formula is C7H9N3O3S. The Kier molecular flexibility index (Phi) is 2.73. The zero-order valence-corrected chi connectivity index (χ0v) is 7.94. The maximum absolute atomic E-state index is 11.0. The van der Waals surface area contributed by atoms with Crippen LogP contribution < -0.4 is 15.2 Å². The van der Waals surface area contributed by atoms with Gasteiger partial charge < -0.3 is 5.73 Å². The molecule has 0 unspecified atom stereocenters. The first kappa shape index (κ1) is 10.5. The van der Waals surface area contributed by atoms with E-state index >= 15 is 0 Å². The van der Waals surface area contributed by atoms with E-state index in [-0.39, 0.29) is 5.69 Å². The standard InChI is InChI=1S/C7H9N3O3S/c8-7(11)10(14(9,12)13)6-4-2-1-3-5-6/h1-5H,(H2,8,11)(H2,9,12,13). The highest BCUT2D eigenvalue weighted by molar-refractivity contribution is 7.91. The predicted molar refractivity (Wildman–Crippen MR) is 51.6 cm³/mol. The van der Waals surface area contributed by atoms with E-state index in [0.29, 0.717) is 4.31 Å². The predicted octanol–water partition coefficient (Wildman–Crippen LogP) is -0.225. The van der Waals surface area contributed by atoms with Gasteiger partial charge in [0.2, 0.25) is 0 Å². The Bertz CT molecular complexity index is 429. The molecule has 0 saturated heterocycles. The molecule has 4 N–H and O–H groups in total. The molecule has 6 nitrogen and oxygen atoms in total. The number of amides is 2. The minimum Gasteiger partial charge on any atom is -0.350 e. The zero-order valence-electron chi connectivity index (χ0n) is 7.12. The molecule has 1 aromatic carbocycles. The first-order valence-electron chi connectivity index (χ1n) is 3.60. The van der Waals surface area contributed by atoms with Gasteiger partial charge in [-0.05, 0) is 12.1 Å². The average molecular weight is 215 g/mol. The summed E-state index contributed by atoms with van der Waals surface area (Å²) in [4.78, 5) is 10.8. The van der Waals surface area contributed by atoms with E-state index < -0.39 is 16.2 Å². The number of primary amides is 1. The molecule has 0 aliphatic rings. The number of carbonyl (C=O) groups excluding carboxylic acids is 1. The van der Waals surface area contributed by atoms with Gasteiger partial charge in [-0.15, -0.1) is 0 Å². The van der Waals surface area contributed by atoms with E-state index in [0.717, 1.165) is 0 Å². The smallest absolute Gasteiger partial charge is 0.334 e. The summed E-state index contributed by atoms with van der Waals surface area (Å²) in [6.45, 7) is 0. The Balaban J connectivity index is 3.22. The van der Waals surface area contributed by atoms with Gasteiger partial charge >= 0.3 is 16.2 Å². The molecule has 1 aromatic rings. The Morgan fingerprint density at radius 2 is 1.71 bits per heavy atom. The van der Waals surface area contributed by atoms with Gasteiger partial charge in [-0.2, -0.15) is 12.7 Å². The molecule has 2 amide bonds. The van der Waals surface area contributed by atoms with Crippen LogP contribution in [0.4, 0.5) is 10.5 Å². The lowest BCUT2D eigenvalue weighted by Crippen LogP contribution is -2.44. The van der Waals surface area contributed by atoms with Gasteiger partial charge in [-0.1, -0.05) is 18.2 Å². The molecule has 1 rings (SSSR count). The second-order valence-electron chi connectivity index (χ2n) is 2.48. The van der Waals surface area contributed by atoms with Crippen LogP contribution in [0.2, 0.25) is 0 Å². The van der Waals surface area contributed by atoms with Crippen LogP contribution in [-0.4, -0.2) is 14.4 Å². The first-order valence-corrected chi connectivity index (χ1v) is 5.11. The van der Waals surface area contributed by atoms with Crippen molar-refractivity contribution >= 4 is 21.9 Å². The highest BCUT2D eigenvalue weighted by Crippen LogP contribution is 2.14. The van der Waals surface area contributed by atoms with E-state index in [9.17, 15) is 13.2 Å². The van der Waals surface area contributed by atoms with E-state index in [4.69, 9.17) is 10.9 Å². The Hall–Kier alpha value is -1.60. The number of anilines is 1. The van der Waals surface area contributed by atoms with Crippen LogP contribution >= 0.6 is 0 Å². The van der Waals surface area contributed by atoms with Crippen molar-refractivity contribution in [1.29, 1.82) is 0 Å². The van der Waals surface area contributed by atoms with Crippen LogP contribution in [0.25, 0.3) is 0 Å². The molecule has 0 spiro atoms. The highest BCUT2D eigenvalue weighted by atomic mass is 32.2. The Morgan fingerprint density at radius 1 is 1.21 bits per heavy atom. The van der Waals surface area contributed by atoms with Crippen molar-refractivity contribution in [2.45, 2.75) is 0 Å². The summed E-state index contributed by atoms with van der Waals surface area (Å²) in [6, 6.07) is 6.49. The Morgan fingerprint density at radius 3 is 2.07 bits per heavy atom. The van der Waals surface area contributed by atoms with E-state index in [1.807, 2.05) is 0 Å². The maximum atomic E-state index is 11.0. The van der Waals surface area contributed by atoms with Crippen molar-refractivity contribution in [3.63, 3.8) is 0 Å². The second-order valence-corrected chi connectivity index (χ2v) is 3.88. The molecule has 0 aliphatic carbocycles. The van der Waals surface area contributed by atoms with Gasteiger partial charge in [0, 0.05) is 0 Å². The molecular weight excluding hydrogens is 206 g/mol. The fraction of sp³-hybridized carbons (Fsp3) is 0. The third-order valence-corrected chi connectivity index (χ3v) is 2.35. The van der Waals surface area contributed by atoms with Crippen LogP contribution in [0.3, 0.4) is 0 Å². The molecule has 7 heteroatoms. The largest absolute Gasteiger partial charge is 0.350 e.